The molecule has 1 amide bonds. The number of carbonyl (C=O) groups excluding carboxylic acids is 1. The number of amides is 1. The number of carboxylic acid groups (broad SMARTS) is 1. The summed E-state index contributed by atoms with van der Waals surface area (Å²) in [6, 6.07) is 2.92. The molecule has 8 nitrogen and oxygen atoms in total. The van der Waals surface area contributed by atoms with Crippen LogP contribution in [0.4, 0.5) is 4.39 Å². The lowest BCUT2D eigenvalue weighted by atomic mass is 9.89. The molecular formula is C18H19FN4O4. The number of nitrogens with zero attached hydrogens (tertiary/aromatic N) is 3. The van der Waals surface area contributed by atoms with Crippen LogP contribution in [-0.2, 0) is 4.79 Å². The number of aromatic amines is 1. The first-order chi connectivity index (χ1) is 12.9. The molecule has 1 atom stereocenters. The zero-order valence-corrected chi connectivity index (χ0v) is 14.7. The standard InChI is InChI=1S/C18H19FN4O4/c1-27-15-6-11(12(19)9-20-15)13-7-14(22-21-13)16(24)23-5-2-10(17(25)26)8-18(23)3-4-18/h6-7,9-10H,2-5,8H2,1H3,(H,21,22)(H,25,26)/t10-/m1/s1. The van der Waals surface area contributed by atoms with E-state index in [4.69, 9.17) is 4.74 Å². The van der Waals surface area contributed by atoms with Gasteiger partial charge in [0.1, 0.15) is 5.69 Å². The van der Waals surface area contributed by atoms with Crippen molar-refractivity contribution >= 4 is 11.9 Å². The van der Waals surface area contributed by atoms with Crippen LogP contribution in [0, 0.1) is 11.7 Å². The van der Waals surface area contributed by atoms with Crippen LogP contribution in [0.25, 0.3) is 11.3 Å². The molecule has 2 aliphatic rings. The van der Waals surface area contributed by atoms with Crippen molar-refractivity contribution in [2.24, 2.45) is 5.92 Å². The number of ether oxygens (including phenoxy) is 1. The number of piperidine rings is 1. The fourth-order valence-electron chi connectivity index (χ4n) is 3.78. The lowest BCUT2D eigenvalue weighted by Crippen LogP contribution is -2.49. The smallest absolute Gasteiger partial charge is 0.306 e. The lowest BCUT2D eigenvalue weighted by molar-refractivity contribution is -0.144. The first kappa shape index (κ1) is 17.4. The highest BCUT2D eigenvalue weighted by Crippen LogP contribution is 2.50. The number of carbonyl (C=O) groups is 2. The number of pyridine rings is 1. The number of methoxy groups -OCH3 is 1. The van der Waals surface area contributed by atoms with Crippen LogP contribution in [0.1, 0.15) is 36.2 Å². The lowest BCUT2D eigenvalue weighted by Gasteiger charge is -2.38. The molecular weight excluding hydrogens is 355 g/mol. The number of hydrogen-bond acceptors (Lipinski definition) is 5. The zero-order valence-electron chi connectivity index (χ0n) is 14.7. The second kappa shape index (κ2) is 6.33. The normalized spacial score (nSPS) is 20.5. The van der Waals surface area contributed by atoms with Gasteiger partial charge in [-0.25, -0.2) is 9.37 Å². The van der Waals surface area contributed by atoms with E-state index >= 15 is 0 Å². The third-order valence-corrected chi connectivity index (χ3v) is 5.45. The summed E-state index contributed by atoms with van der Waals surface area (Å²) in [5.41, 5.74) is 0.347. The van der Waals surface area contributed by atoms with Gasteiger partial charge >= 0.3 is 5.97 Å². The zero-order chi connectivity index (χ0) is 19.2. The summed E-state index contributed by atoms with van der Waals surface area (Å²) in [6.07, 6.45) is 3.56. The van der Waals surface area contributed by atoms with Crippen molar-refractivity contribution in [3.8, 4) is 17.1 Å². The van der Waals surface area contributed by atoms with E-state index in [9.17, 15) is 19.1 Å². The fourth-order valence-corrected chi connectivity index (χ4v) is 3.78. The summed E-state index contributed by atoms with van der Waals surface area (Å²) in [4.78, 5) is 29.8. The fraction of sp³-hybridized carbons (Fsp3) is 0.444. The number of aromatic nitrogens is 3. The maximum absolute atomic E-state index is 14.1. The Morgan fingerprint density at radius 3 is 2.85 bits per heavy atom. The highest BCUT2D eigenvalue weighted by Gasteiger charge is 2.54. The molecule has 1 aliphatic carbocycles. The molecule has 1 spiro atoms. The summed E-state index contributed by atoms with van der Waals surface area (Å²) in [6.45, 7) is 0.390. The Kier molecular flexibility index (Phi) is 4.09. The van der Waals surface area contributed by atoms with Crippen LogP contribution >= 0.6 is 0 Å². The van der Waals surface area contributed by atoms with E-state index in [0.717, 1.165) is 19.0 Å². The number of hydrogen-bond donors (Lipinski definition) is 2. The van der Waals surface area contributed by atoms with E-state index in [1.807, 2.05) is 0 Å². The van der Waals surface area contributed by atoms with Crippen LogP contribution in [-0.4, -0.2) is 56.3 Å². The third kappa shape index (κ3) is 3.02. The number of likely N-dealkylation sites (tertiary alicyclic amines) is 1. The molecule has 2 aromatic rings. The quantitative estimate of drug-likeness (QED) is 0.848. The van der Waals surface area contributed by atoms with Crippen molar-refractivity contribution in [3.63, 3.8) is 0 Å². The van der Waals surface area contributed by atoms with Crippen molar-refractivity contribution in [2.45, 2.75) is 31.2 Å². The average Bonchev–Trinajstić information content (AvgIpc) is 3.24. The van der Waals surface area contributed by atoms with Gasteiger partial charge in [-0.15, -0.1) is 0 Å². The molecule has 4 rings (SSSR count). The Hall–Kier alpha value is -2.97. The van der Waals surface area contributed by atoms with E-state index in [1.54, 1.807) is 4.90 Å². The molecule has 142 valence electrons. The molecule has 2 fully saturated rings. The summed E-state index contributed by atoms with van der Waals surface area (Å²) < 4.78 is 19.1. The highest BCUT2D eigenvalue weighted by molar-refractivity contribution is 5.94. The van der Waals surface area contributed by atoms with Gasteiger partial charge in [-0.05, 0) is 31.7 Å². The van der Waals surface area contributed by atoms with Crippen LogP contribution < -0.4 is 4.74 Å². The van der Waals surface area contributed by atoms with E-state index in [2.05, 4.69) is 15.2 Å². The van der Waals surface area contributed by atoms with E-state index < -0.39 is 17.7 Å². The van der Waals surface area contributed by atoms with E-state index in [-0.39, 0.29) is 34.3 Å². The number of nitrogens with one attached hydrogen (secondary N) is 1. The highest BCUT2D eigenvalue weighted by atomic mass is 19.1. The molecule has 27 heavy (non-hydrogen) atoms. The van der Waals surface area contributed by atoms with Crippen LogP contribution in [0.2, 0.25) is 0 Å². The van der Waals surface area contributed by atoms with Gasteiger partial charge in [0.15, 0.2) is 5.82 Å². The number of aliphatic carboxylic acids is 1. The molecule has 0 bridgehead atoms. The second-order valence-corrected chi connectivity index (χ2v) is 7.08. The van der Waals surface area contributed by atoms with E-state index in [1.165, 1.54) is 19.2 Å². The maximum atomic E-state index is 14.1. The van der Waals surface area contributed by atoms with Gasteiger partial charge in [0.25, 0.3) is 5.91 Å². The Morgan fingerprint density at radius 2 is 2.19 bits per heavy atom. The van der Waals surface area contributed by atoms with Crippen molar-refractivity contribution in [3.05, 3.63) is 29.8 Å². The van der Waals surface area contributed by atoms with Gasteiger partial charge in [-0.1, -0.05) is 0 Å². The Labute approximate surface area is 154 Å². The summed E-state index contributed by atoms with van der Waals surface area (Å²) in [5, 5.41) is 16.0. The minimum Gasteiger partial charge on any atom is -0.481 e. The Morgan fingerprint density at radius 1 is 1.41 bits per heavy atom. The predicted molar refractivity (Wildman–Crippen MR) is 91.7 cm³/mol. The number of H-pyrrole nitrogens is 1. The predicted octanol–water partition coefficient (Wildman–Crippen LogP) is 2.09. The van der Waals surface area contributed by atoms with Gasteiger partial charge in [0, 0.05) is 23.7 Å². The third-order valence-electron chi connectivity index (χ3n) is 5.45. The van der Waals surface area contributed by atoms with Gasteiger partial charge < -0.3 is 14.7 Å². The Bertz CT molecular complexity index is 909. The van der Waals surface area contributed by atoms with Crippen molar-refractivity contribution in [1.29, 1.82) is 0 Å². The second-order valence-electron chi connectivity index (χ2n) is 7.08. The molecule has 0 unspecified atom stereocenters. The number of rotatable bonds is 4. The number of carboxylic acids is 1. The molecule has 2 aromatic heterocycles. The summed E-state index contributed by atoms with van der Waals surface area (Å²) >= 11 is 0. The Balaban J connectivity index is 1.57. The van der Waals surface area contributed by atoms with Gasteiger partial charge in [0.2, 0.25) is 5.88 Å². The van der Waals surface area contributed by atoms with Crippen LogP contribution in [0.15, 0.2) is 18.3 Å². The number of halogens is 1. The molecule has 1 saturated carbocycles. The summed E-state index contributed by atoms with van der Waals surface area (Å²) in [7, 11) is 1.43. The molecule has 2 N–H and O–H groups in total. The largest absolute Gasteiger partial charge is 0.481 e. The molecule has 1 aliphatic heterocycles. The minimum atomic E-state index is -0.806. The van der Waals surface area contributed by atoms with E-state index in [0.29, 0.717) is 19.4 Å². The van der Waals surface area contributed by atoms with Crippen LogP contribution in [0.3, 0.4) is 0 Å². The van der Waals surface area contributed by atoms with Gasteiger partial charge in [0.05, 0.1) is 24.9 Å². The average molecular weight is 374 g/mol. The molecule has 0 aromatic carbocycles. The maximum Gasteiger partial charge on any atom is 0.306 e. The summed E-state index contributed by atoms with van der Waals surface area (Å²) in [5.74, 6) is -1.78. The SMILES string of the molecule is COc1cc(-c2cc(C(=O)N3CC[C@@H](C(=O)O)CC34CC4)[nH]n2)c(F)cn1. The molecule has 3 heterocycles. The van der Waals surface area contributed by atoms with Crippen molar-refractivity contribution < 1.29 is 23.8 Å². The van der Waals surface area contributed by atoms with Gasteiger partial charge in [-0.2, -0.15) is 5.10 Å². The molecule has 1 saturated heterocycles. The van der Waals surface area contributed by atoms with Gasteiger partial charge in [-0.3, -0.25) is 14.7 Å². The van der Waals surface area contributed by atoms with Crippen LogP contribution in [0.5, 0.6) is 5.88 Å². The van der Waals surface area contributed by atoms with Crippen molar-refractivity contribution in [1.82, 2.24) is 20.1 Å². The topological polar surface area (TPSA) is 108 Å². The minimum absolute atomic E-state index is 0.183. The first-order valence-corrected chi connectivity index (χ1v) is 8.73. The molecule has 0 radical (unpaired) electrons. The van der Waals surface area contributed by atoms with Crippen molar-refractivity contribution in [2.75, 3.05) is 13.7 Å². The monoisotopic (exact) mass is 374 g/mol. The first-order valence-electron chi connectivity index (χ1n) is 8.73. The molecule has 9 heteroatoms.